The molecule has 18 heavy (non-hydrogen) atoms. The summed E-state index contributed by atoms with van der Waals surface area (Å²) in [5.41, 5.74) is 0.389. The quantitative estimate of drug-likeness (QED) is 0.668. The molecule has 6 heteroatoms. The maximum atomic E-state index is 13.2. The van der Waals surface area contributed by atoms with Gasteiger partial charge in [0, 0.05) is 0 Å². The van der Waals surface area contributed by atoms with E-state index in [-0.39, 0.29) is 12.2 Å². The Hall–Kier alpha value is -1.58. The van der Waals surface area contributed by atoms with Crippen LogP contribution in [0.1, 0.15) is 11.1 Å². The molecule has 0 radical (unpaired) electrons. The van der Waals surface area contributed by atoms with Crippen molar-refractivity contribution in [1.82, 2.24) is 0 Å². The van der Waals surface area contributed by atoms with Gasteiger partial charge in [0.1, 0.15) is 19.0 Å². The van der Waals surface area contributed by atoms with Crippen LogP contribution >= 0.6 is 0 Å². The van der Waals surface area contributed by atoms with Crippen molar-refractivity contribution < 1.29 is 27.4 Å². The molecule has 0 heterocycles. The Labute approximate surface area is 101 Å². The van der Waals surface area contributed by atoms with Gasteiger partial charge in [-0.05, 0) is 17.7 Å². The zero-order valence-electron chi connectivity index (χ0n) is 9.22. The minimum atomic E-state index is -4.39. The number of benzene rings is 1. The van der Waals surface area contributed by atoms with Crippen molar-refractivity contribution in [3.05, 3.63) is 35.1 Å². The maximum absolute atomic E-state index is 13.2. The van der Waals surface area contributed by atoms with Crippen LogP contribution in [0.4, 0.5) is 17.6 Å². The average Bonchev–Trinajstić information content (AvgIpc) is 2.28. The first-order valence-electron chi connectivity index (χ1n) is 4.95. The van der Waals surface area contributed by atoms with Gasteiger partial charge in [-0.15, -0.1) is 0 Å². The van der Waals surface area contributed by atoms with Gasteiger partial charge < -0.3 is 9.84 Å². The monoisotopic (exact) mass is 262 g/mol. The largest absolute Gasteiger partial charge is 0.411 e. The number of aliphatic hydroxyl groups is 1. The SMILES string of the molecule is OCC#Cc1cc(COCC(F)(F)F)ccc1F. The molecule has 1 aromatic carbocycles. The summed E-state index contributed by atoms with van der Waals surface area (Å²) < 4.78 is 53.1. The number of hydrogen-bond donors (Lipinski definition) is 1. The molecule has 0 saturated heterocycles. The smallest absolute Gasteiger partial charge is 0.384 e. The molecule has 1 aromatic rings. The van der Waals surface area contributed by atoms with E-state index in [1.807, 2.05) is 0 Å². The number of aliphatic hydroxyl groups excluding tert-OH is 1. The van der Waals surface area contributed by atoms with Crippen molar-refractivity contribution in [2.45, 2.75) is 12.8 Å². The molecule has 98 valence electrons. The van der Waals surface area contributed by atoms with Gasteiger partial charge in [-0.3, -0.25) is 0 Å². The summed E-state index contributed by atoms with van der Waals surface area (Å²) in [6.45, 7) is -2.07. The number of halogens is 4. The van der Waals surface area contributed by atoms with Crippen LogP contribution in [0, 0.1) is 17.7 Å². The van der Waals surface area contributed by atoms with Crippen molar-refractivity contribution in [2.75, 3.05) is 13.2 Å². The predicted molar refractivity (Wildman–Crippen MR) is 56.1 cm³/mol. The van der Waals surface area contributed by atoms with Crippen molar-refractivity contribution in [3.63, 3.8) is 0 Å². The predicted octanol–water partition coefficient (Wildman–Crippen LogP) is 2.25. The lowest BCUT2D eigenvalue weighted by molar-refractivity contribution is -0.176. The summed E-state index contributed by atoms with van der Waals surface area (Å²) in [5.74, 6) is 4.01. The summed E-state index contributed by atoms with van der Waals surface area (Å²) >= 11 is 0. The second kappa shape index (κ2) is 6.38. The zero-order valence-corrected chi connectivity index (χ0v) is 9.22. The Balaban J connectivity index is 2.67. The molecule has 0 fully saturated rings. The van der Waals surface area contributed by atoms with E-state index in [9.17, 15) is 17.6 Å². The molecule has 0 unspecified atom stereocenters. The molecule has 0 saturated carbocycles. The highest BCUT2D eigenvalue weighted by Crippen LogP contribution is 2.16. The molecule has 0 atom stereocenters. The normalized spacial score (nSPS) is 10.9. The molecule has 0 aromatic heterocycles. The van der Waals surface area contributed by atoms with Crippen LogP contribution in [0.25, 0.3) is 0 Å². The Morgan fingerprint density at radius 3 is 2.61 bits per heavy atom. The van der Waals surface area contributed by atoms with Crippen molar-refractivity contribution in [3.8, 4) is 11.8 Å². The minimum Gasteiger partial charge on any atom is -0.384 e. The Bertz CT molecular complexity index is 457. The summed E-state index contributed by atoms with van der Waals surface area (Å²) in [6, 6.07) is 3.69. The molecular formula is C12H10F4O2. The molecule has 1 N–H and O–H groups in total. The molecule has 2 nitrogen and oxygen atoms in total. The van der Waals surface area contributed by atoms with E-state index < -0.39 is 25.2 Å². The number of ether oxygens (including phenoxy) is 1. The van der Waals surface area contributed by atoms with E-state index in [0.717, 1.165) is 6.07 Å². The van der Waals surface area contributed by atoms with Gasteiger partial charge in [0.15, 0.2) is 0 Å². The zero-order chi connectivity index (χ0) is 13.6. The van der Waals surface area contributed by atoms with Crippen LogP contribution in [0.2, 0.25) is 0 Å². The van der Waals surface area contributed by atoms with Gasteiger partial charge in [-0.1, -0.05) is 17.9 Å². The first-order valence-corrected chi connectivity index (χ1v) is 4.95. The highest BCUT2D eigenvalue weighted by molar-refractivity contribution is 5.38. The van der Waals surface area contributed by atoms with E-state index in [1.165, 1.54) is 12.1 Å². The number of rotatable bonds is 3. The molecule has 0 spiro atoms. The first-order chi connectivity index (χ1) is 8.42. The lowest BCUT2D eigenvalue weighted by Crippen LogP contribution is -2.16. The molecule has 0 aliphatic carbocycles. The van der Waals surface area contributed by atoms with Gasteiger partial charge in [0.25, 0.3) is 0 Å². The van der Waals surface area contributed by atoms with E-state index >= 15 is 0 Å². The van der Waals surface area contributed by atoms with Crippen molar-refractivity contribution in [1.29, 1.82) is 0 Å². The fraction of sp³-hybridized carbons (Fsp3) is 0.333. The molecule has 1 rings (SSSR count). The second-order valence-electron chi connectivity index (χ2n) is 3.38. The molecule has 0 aliphatic heterocycles. The van der Waals surface area contributed by atoms with E-state index in [4.69, 9.17) is 5.11 Å². The molecule has 0 amide bonds. The average molecular weight is 262 g/mol. The topological polar surface area (TPSA) is 29.5 Å². The fourth-order valence-corrected chi connectivity index (χ4v) is 1.18. The van der Waals surface area contributed by atoms with E-state index in [0.29, 0.717) is 5.56 Å². The first kappa shape index (κ1) is 14.5. The highest BCUT2D eigenvalue weighted by atomic mass is 19.4. The third kappa shape index (κ3) is 5.17. The van der Waals surface area contributed by atoms with Gasteiger partial charge in [0.2, 0.25) is 0 Å². The van der Waals surface area contributed by atoms with E-state index in [2.05, 4.69) is 16.6 Å². The Morgan fingerprint density at radius 1 is 1.28 bits per heavy atom. The molecular weight excluding hydrogens is 252 g/mol. The highest BCUT2D eigenvalue weighted by Gasteiger charge is 2.27. The van der Waals surface area contributed by atoms with Gasteiger partial charge in [-0.2, -0.15) is 13.2 Å². The summed E-state index contributed by atoms with van der Waals surface area (Å²) in [5, 5.41) is 8.47. The summed E-state index contributed by atoms with van der Waals surface area (Å²) in [6.07, 6.45) is -4.39. The summed E-state index contributed by atoms with van der Waals surface area (Å²) in [7, 11) is 0. The van der Waals surface area contributed by atoms with Crippen LogP contribution in [0.15, 0.2) is 18.2 Å². The van der Waals surface area contributed by atoms with Crippen LogP contribution < -0.4 is 0 Å². The third-order valence-corrected chi connectivity index (χ3v) is 1.87. The standard InChI is InChI=1S/C12H10F4O2/c13-11-4-3-9(6-10(11)2-1-5-17)7-18-8-12(14,15)16/h3-4,6,17H,5,7-8H2. The Kier molecular flexibility index (Phi) is 5.13. The van der Waals surface area contributed by atoms with Gasteiger partial charge in [0.05, 0.1) is 12.2 Å². The fourth-order valence-electron chi connectivity index (χ4n) is 1.18. The van der Waals surface area contributed by atoms with E-state index in [1.54, 1.807) is 0 Å². The Morgan fingerprint density at radius 2 is 2.00 bits per heavy atom. The lowest BCUT2D eigenvalue weighted by Gasteiger charge is -2.08. The van der Waals surface area contributed by atoms with Crippen LogP contribution in [0.3, 0.4) is 0 Å². The summed E-state index contributed by atoms with van der Waals surface area (Å²) in [4.78, 5) is 0. The third-order valence-electron chi connectivity index (χ3n) is 1.87. The molecule has 0 bridgehead atoms. The van der Waals surface area contributed by atoms with Crippen LogP contribution in [0.5, 0.6) is 0 Å². The number of hydrogen-bond acceptors (Lipinski definition) is 2. The molecule has 0 aliphatic rings. The van der Waals surface area contributed by atoms with Crippen molar-refractivity contribution in [2.24, 2.45) is 0 Å². The maximum Gasteiger partial charge on any atom is 0.411 e. The van der Waals surface area contributed by atoms with Gasteiger partial charge >= 0.3 is 6.18 Å². The lowest BCUT2D eigenvalue weighted by atomic mass is 10.1. The number of alkyl halides is 3. The minimum absolute atomic E-state index is 0.0113. The van der Waals surface area contributed by atoms with Crippen LogP contribution in [-0.2, 0) is 11.3 Å². The van der Waals surface area contributed by atoms with Crippen molar-refractivity contribution >= 4 is 0 Å². The van der Waals surface area contributed by atoms with Gasteiger partial charge in [-0.25, -0.2) is 4.39 Å². The second-order valence-corrected chi connectivity index (χ2v) is 3.38. The van der Waals surface area contributed by atoms with Crippen LogP contribution in [-0.4, -0.2) is 24.5 Å².